The fraction of sp³-hybridized carbons (Fsp3) is 0.417. The number of halogens is 1. The number of para-hydroxylation sites is 1. The summed E-state index contributed by atoms with van der Waals surface area (Å²) in [5.74, 6) is -0.678. The van der Waals surface area contributed by atoms with Gasteiger partial charge in [0.15, 0.2) is 0 Å². The molecule has 0 aliphatic rings. The number of hydrogen-bond donors (Lipinski definition) is 2. The maximum Gasteiger partial charge on any atom is 0.244 e. The molecule has 0 saturated heterocycles. The maximum absolute atomic E-state index is 13.3. The van der Waals surface area contributed by atoms with E-state index in [-0.39, 0.29) is 11.6 Å². The predicted octanol–water partition coefficient (Wildman–Crippen LogP) is 2.15. The molecule has 88 valence electrons. The van der Waals surface area contributed by atoms with Crippen molar-refractivity contribution in [1.29, 1.82) is 0 Å². The van der Waals surface area contributed by atoms with Crippen LogP contribution in [0.25, 0.3) is 0 Å². The van der Waals surface area contributed by atoms with Gasteiger partial charge in [0.25, 0.3) is 0 Å². The molecule has 0 fully saturated rings. The molecule has 0 aliphatic carbocycles. The van der Waals surface area contributed by atoms with Crippen LogP contribution in [0.5, 0.6) is 0 Å². The first-order valence-corrected chi connectivity index (χ1v) is 5.28. The van der Waals surface area contributed by atoms with Crippen LogP contribution in [0.2, 0.25) is 0 Å². The fourth-order valence-corrected chi connectivity index (χ4v) is 1.36. The van der Waals surface area contributed by atoms with Gasteiger partial charge in [0.05, 0.1) is 11.2 Å². The van der Waals surface area contributed by atoms with E-state index in [4.69, 9.17) is 0 Å². The lowest BCUT2D eigenvalue weighted by atomic mass is 10.0. The molecule has 4 heteroatoms. The van der Waals surface area contributed by atoms with Crippen molar-refractivity contribution >= 4 is 11.6 Å². The number of benzene rings is 1. The molecule has 2 N–H and O–H groups in total. The highest BCUT2D eigenvalue weighted by Gasteiger charge is 2.26. The third kappa shape index (κ3) is 3.03. The number of hydrogen-bond acceptors (Lipinski definition) is 2. The van der Waals surface area contributed by atoms with Crippen molar-refractivity contribution in [3.63, 3.8) is 0 Å². The molecular formula is C12H17FN2O. The van der Waals surface area contributed by atoms with Gasteiger partial charge in [-0.15, -0.1) is 0 Å². The highest BCUT2D eigenvalue weighted by molar-refractivity contribution is 5.97. The first kappa shape index (κ1) is 12.6. The van der Waals surface area contributed by atoms with Crippen LogP contribution >= 0.6 is 0 Å². The number of anilines is 1. The Balaban J connectivity index is 2.75. The Hall–Kier alpha value is -1.42. The Kier molecular flexibility index (Phi) is 4.01. The van der Waals surface area contributed by atoms with Crippen LogP contribution in [0, 0.1) is 5.82 Å². The molecule has 1 aromatic carbocycles. The summed E-state index contributed by atoms with van der Waals surface area (Å²) in [6, 6.07) is 6.12. The quantitative estimate of drug-likeness (QED) is 0.822. The minimum absolute atomic E-state index is 0.207. The molecular weight excluding hydrogens is 207 g/mol. The van der Waals surface area contributed by atoms with Crippen LogP contribution < -0.4 is 10.6 Å². The van der Waals surface area contributed by atoms with Gasteiger partial charge < -0.3 is 10.6 Å². The maximum atomic E-state index is 13.3. The van der Waals surface area contributed by atoms with Gasteiger partial charge in [-0.05, 0) is 32.5 Å². The zero-order valence-corrected chi connectivity index (χ0v) is 9.80. The van der Waals surface area contributed by atoms with E-state index in [0.29, 0.717) is 6.54 Å². The smallest absolute Gasteiger partial charge is 0.244 e. The molecule has 16 heavy (non-hydrogen) atoms. The molecule has 0 radical (unpaired) electrons. The molecule has 1 amide bonds. The number of nitrogens with one attached hydrogen (secondary N) is 2. The molecule has 3 nitrogen and oxygen atoms in total. The van der Waals surface area contributed by atoms with E-state index < -0.39 is 11.4 Å². The minimum Gasteiger partial charge on any atom is -0.322 e. The topological polar surface area (TPSA) is 41.1 Å². The highest BCUT2D eigenvalue weighted by Crippen LogP contribution is 2.14. The van der Waals surface area contributed by atoms with E-state index in [0.717, 1.165) is 0 Å². The van der Waals surface area contributed by atoms with Gasteiger partial charge in [0, 0.05) is 0 Å². The number of likely N-dealkylation sites (N-methyl/N-ethyl adjacent to an activating group) is 1. The van der Waals surface area contributed by atoms with Gasteiger partial charge in [-0.2, -0.15) is 0 Å². The van der Waals surface area contributed by atoms with Gasteiger partial charge in [-0.25, -0.2) is 4.39 Å². The summed E-state index contributed by atoms with van der Waals surface area (Å²) in [5.41, 5.74) is -0.504. The molecule has 0 saturated carbocycles. The highest BCUT2D eigenvalue weighted by atomic mass is 19.1. The second-order valence-electron chi connectivity index (χ2n) is 4.09. The molecule has 0 aliphatic heterocycles. The Morgan fingerprint density at radius 1 is 1.38 bits per heavy atom. The summed E-state index contributed by atoms with van der Waals surface area (Å²) < 4.78 is 13.3. The van der Waals surface area contributed by atoms with Crippen molar-refractivity contribution in [2.24, 2.45) is 0 Å². The van der Waals surface area contributed by atoms with Crippen molar-refractivity contribution in [2.45, 2.75) is 26.3 Å². The largest absolute Gasteiger partial charge is 0.322 e. The van der Waals surface area contributed by atoms with E-state index in [9.17, 15) is 9.18 Å². The zero-order chi connectivity index (χ0) is 12.2. The second kappa shape index (κ2) is 5.07. The van der Waals surface area contributed by atoms with Crippen molar-refractivity contribution in [3.05, 3.63) is 30.1 Å². The summed E-state index contributed by atoms with van der Waals surface area (Å²) in [5, 5.41) is 5.59. The van der Waals surface area contributed by atoms with Gasteiger partial charge >= 0.3 is 0 Å². The molecule has 0 unspecified atom stereocenters. The normalized spacial score (nSPS) is 11.2. The lowest BCUT2D eigenvalue weighted by molar-refractivity contribution is -0.121. The third-order valence-electron chi connectivity index (χ3n) is 2.31. The van der Waals surface area contributed by atoms with Crippen LogP contribution in [-0.4, -0.2) is 18.0 Å². The van der Waals surface area contributed by atoms with Crippen LogP contribution in [0.1, 0.15) is 20.8 Å². The van der Waals surface area contributed by atoms with Crippen LogP contribution in [0.4, 0.5) is 10.1 Å². The average Bonchev–Trinajstić information content (AvgIpc) is 2.21. The van der Waals surface area contributed by atoms with E-state index in [2.05, 4.69) is 10.6 Å². The molecule has 1 rings (SSSR count). The van der Waals surface area contributed by atoms with Crippen molar-refractivity contribution in [3.8, 4) is 0 Å². The average molecular weight is 224 g/mol. The van der Waals surface area contributed by atoms with Crippen molar-refractivity contribution in [2.75, 3.05) is 11.9 Å². The summed E-state index contributed by atoms with van der Waals surface area (Å²) in [4.78, 5) is 11.8. The summed E-state index contributed by atoms with van der Waals surface area (Å²) in [7, 11) is 0. The molecule has 0 spiro atoms. The summed E-state index contributed by atoms with van der Waals surface area (Å²) in [6.45, 7) is 6.11. The van der Waals surface area contributed by atoms with Crippen molar-refractivity contribution < 1.29 is 9.18 Å². The van der Waals surface area contributed by atoms with Gasteiger partial charge in [-0.3, -0.25) is 4.79 Å². The SMILES string of the molecule is CCNC(C)(C)C(=O)Nc1ccccc1F. The van der Waals surface area contributed by atoms with E-state index >= 15 is 0 Å². The first-order chi connectivity index (χ1) is 7.47. The number of amides is 1. The van der Waals surface area contributed by atoms with Crippen LogP contribution in [-0.2, 0) is 4.79 Å². The lowest BCUT2D eigenvalue weighted by Crippen LogP contribution is -2.49. The standard InChI is InChI=1S/C12H17FN2O/c1-4-14-12(2,3)11(16)15-10-8-6-5-7-9(10)13/h5-8,14H,4H2,1-3H3,(H,15,16). The Labute approximate surface area is 95.0 Å². The fourth-order valence-electron chi connectivity index (χ4n) is 1.36. The van der Waals surface area contributed by atoms with Crippen LogP contribution in [0.3, 0.4) is 0 Å². The minimum atomic E-state index is -0.711. The van der Waals surface area contributed by atoms with Crippen LogP contribution in [0.15, 0.2) is 24.3 Å². The number of carbonyl (C=O) groups excluding carboxylic acids is 1. The Bertz CT molecular complexity index is 377. The Morgan fingerprint density at radius 2 is 2.00 bits per heavy atom. The first-order valence-electron chi connectivity index (χ1n) is 5.28. The van der Waals surface area contributed by atoms with Gasteiger partial charge in [0.2, 0.25) is 5.91 Å². The predicted molar refractivity (Wildman–Crippen MR) is 62.8 cm³/mol. The molecule has 0 heterocycles. The monoisotopic (exact) mass is 224 g/mol. The number of rotatable bonds is 4. The summed E-state index contributed by atoms with van der Waals surface area (Å²) >= 11 is 0. The van der Waals surface area contributed by atoms with Gasteiger partial charge in [-0.1, -0.05) is 19.1 Å². The van der Waals surface area contributed by atoms with E-state index in [1.54, 1.807) is 26.0 Å². The second-order valence-corrected chi connectivity index (χ2v) is 4.09. The van der Waals surface area contributed by atoms with Gasteiger partial charge in [0.1, 0.15) is 5.82 Å². The molecule has 0 aromatic heterocycles. The molecule has 1 aromatic rings. The zero-order valence-electron chi connectivity index (χ0n) is 9.80. The third-order valence-corrected chi connectivity index (χ3v) is 2.31. The van der Waals surface area contributed by atoms with E-state index in [1.807, 2.05) is 6.92 Å². The molecule has 0 bridgehead atoms. The molecule has 0 atom stereocenters. The Morgan fingerprint density at radius 3 is 2.56 bits per heavy atom. The van der Waals surface area contributed by atoms with Crippen molar-refractivity contribution in [1.82, 2.24) is 5.32 Å². The lowest BCUT2D eigenvalue weighted by Gasteiger charge is -2.24. The van der Waals surface area contributed by atoms with E-state index in [1.165, 1.54) is 12.1 Å². The number of carbonyl (C=O) groups is 1. The summed E-state index contributed by atoms with van der Waals surface area (Å²) in [6.07, 6.45) is 0.